The van der Waals surface area contributed by atoms with Gasteiger partial charge in [-0.2, -0.15) is 0 Å². The number of hydrogen-bond acceptors (Lipinski definition) is 5. The maximum absolute atomic E-state index is 12.3. The summed E-state index contributed by atoms with van der Waals surface area (Å²) in [7, 11) is 2.96. The Kier molecular flexibility index (Phi) is 4.86. The minimum Gasteiger partial charge on any atom is -0.507 e. The van der Waals surface area contributed by atoms with Gasteiger partial charge in [-0.3, -0.25) is 9.59 Å². The van der Waals surface area contributed by atoms with Crippen LogP contribution in [-0.2, 0) is 9.59 Å². The molecule has 0 spiro atoms. The quantitative estimate of drug-likeness (QED) is 0.489. The Morgan fingerprint density at radius 2 is 1.69 bits per heavy atom. The second-order valence-electron chi connectivity index (χ2n) is 5.62. The van der Waals surface area contributed by atoms with Crippen LogP contribution in [0.25, 0.3) is 5.76 Å². The van der Waals surface area contributed by atoms with Gasteiger partial charge >= 0.3 is 0 Å². The lowest BCUT2D eigenvalue weighted by Gasteiger charge is -2.15. The molecule has 26 heavy (non-hydrogen) atoms. The lowest BCUT2D eigenvalue weighted by molar-refractivity contribution is -0.133. The van der Waals surface area contributed by atoms with Gasteiger partial charge in [-0.25, -0.2) is 0 Å². The minimum atomic E-state index is -0.780. The molecule has 1 atom stereocenters. The summed E-state index contributed by atoms with van der Waals surface area (Å²) in [6.07, 6.45) is 0. The average molecular weight is 374 g/mol. The molecule has 1 saturated heterocycles. The summed E-state index contributed by atoms with van der Waals surface area (Å²) < 4.78 is 10.4. The van der Waals surface area contributed by atoms with E-state index in [4.69, 9.17) is 21.1 Å². The predicted octanol–water partition coefficient (Wildman–Crippen LogP) is 3.07. The van der Waals surface area contributed by atoms with Crippen LogP contribution < -0.4 is 14.8 Å². The molecular formula is C19H16ClNO5. The zero-order valence-electron chi connectivity index (χ0n) is 14.1. The highest BCUT2D eigenvalue weighted by Gasteiger charge is 2.39. The first-order chi connectivity index (χ1) is 12.5. The molecule has 0 saturated carbocycles. The Balaban J connectivity index is 2.11. The minimum absolute atomic E-state index is 0.0236. The molecule has 3 rings (SSSR count). The van der Waals surface area contributed by atoms with Crippen LogP contribution in [0.15, 0.2) is 48.0 Å². The van der Waals surface area contributed by atoms with Gasteiger partial charge in [0.25, 0.3) is 11.7 Å². The number of amides is 1. The number of rotatable bonds is 4. The SMILES string of the molecule is COc1ccc(C(O)=C2C(=O)C(=O)N[C@H]2c2ccc(Cl)cc2)cc1OC. The van der Waals surface area contributed by atoms with Crippen molar-refractivity contribution < 1.29 is 24.2 Å². The summed E-state index contributed by atoms with van der Waals surface area (Å²) >= 11 is 5.89. The molecule has 134 valence electrons. The second kappa shape index (κ2) is 7.09. The van der Waals surface area contributed by atoms with Gasteiger partial charge in [0.2, 0.25) is 0 Å². The third-order valence-corrected chi connectivity index (χ3v) is 4.38. The number of aliphatic hydroxyl groups excluding tert-OH is 1. The highest BCUT2D eigenvalue weighted by Crippen LogP contribution is 2.36. The maximum atomic E-state index is 12.3. The zero-order chi connectivity index (χ0) is 18.8. The van der Waals surface area contributed by atoms with E-state index in [1.807, 2.05) is 0 Å². The number of nitrogens with one attached hydrogen (secondary N) is 1. The molecule has 2 N–H and O–H groups in total. The van der Waals surface area contributed by atoms with Crippen molar-refractivity contribution in [3.05, 3.63) is 64.2 Å². The first kappa shape index (κ1) is 17.8. The molecule has 0 aliphatic carbocycles. The topological polar surface area (TPSA) is 84.9 Å². The number of ether oxygens (including phenoxy) is 2. The van der Waals surface area contributed by atoms with Crippen LogP contribution in [0.1, 0.15) is 17.2 Å². The number of halogens is 1. The highest BCUT2D eigenvalue weighted by molar-refractivity contribution is 6.46. The van der Waals surface area contributed by atoms with Gasteiger partial charge in [-0.05, 0) is 35.9 Å². The largest absolute Gasteiger partial charge is 0.507 e. The van der Waals surface area contributed by atoms with Gasteiger partial charge < -0.3 is 19.9 Å². The number of Topliss-reactive ketones (excluding diaryl/α,β-unsaturated/α-hetero) is 1. The standard InChI is InChI=1S/C19H16ClNO5/c1-25-13-8-5-11(9-14(13)26-2)17(22)15-16(21-19(24)18(15)23)10-3-6-12(20)7-4-10/h3-9,16,22H,1-2H3,(H,21,24)/t16-/m0/s1. The molecule has 7 heteroatoms. The highest BCUT2D eigenvalue weighted by atomic mass is 35.5. The van der Waals surface area contributed by atoms with E-state index < -0.39 is 17.7 Å². The third kappa shape index (κ3) is 3.11. The molecule has 1 heterocycles. The van der Waals surface area contributed by atoms with E-state index in [0.717, 1.165) is 0 Å². The van der Waals surface area contributed by atoms with Crippen LogP contribution in [0.4, 0.5) is 0 Å². The van der Waals surface area contributed by atoms with Crippen molar-refractivity contribution in [3.8, 4) is 11.5 Å². The van der Waals surface area contributed by atoms with Gasteiger partial charge in [0.1, 0.15) is 5.76 Å². The average Bonchev–Trinajstić information content (AvgIpc) is 2.96. The van der Waals surface area contributed by atoms with E-state index in [1.165, 1.54) is 20.3 Å². The monoisotopic (exact) mass is 373 g/mol. The normalized spacial score (nSPS) is 18.5. The molecule has 6 nitrogen and oxygen atoms in total. The number of methoxy groups -OCH3 is 2. The molecule has 2 aromatic carbocycles. The van der Waals surface area contributed by atoms with Crippen LogP contribution >= 0.6 is 11.6 Å². The summed E-state index contributed by atoms with van der Waals surface area (Å²) in [4.78, 5) is 24.3. The predicted molar refractivity (Wildman–Crippen MR) is 96.4 cm³/mol. The van der Waals surface area contributed by atoms with Crippen LogP contribution in [0.5, 0.6) is 11.5 Å². The fourth-order valence-corrected chi connectivity index (χ4v) is 2.94. The number of aliphatic hydroxyl groups is 1. The molecular weight excluding hydrogens is 358 g/mol. The van der Waals surface area contributed by atoms with E-state index in [0.29, 0.717) is 27.6 Å². The van der Waals surface area contributed by atoms with Gasteiger partial charge in [-0.1, -0.05) is 23.7 Å². The molecule has 1 aliphatic heterocycles. The lowest BCUT2D eigenvalue weighted by atomic mass is 9.96. The second-order valence-corrected chi connectivity index (χ2v) is 6.06. The summed E-state index contributed by atoms with van der Waals surface area (Å²) in [5.41, 5.74) is 0.946. The van der Waals surface area contributed by atoms with Crippen molar-refractivity contribution in [2.75, 3.05) is 14.2 Å². The van der Waals surface area contributed by atoms with E-state index >= 15 is 0 Å². The number of carbonyl (C=O) groups excluding carboxylic acids is 2. The molecule has 0 bridgehead atoms. The van der Waals surface area contributed by atoms with Crippen molar-refractivity contribution in [3.63, 3.8) is 0 Å². The summed E-state index contributed by atoms with van der Waals surface area (Å²) in [6.45, 7) is 0. The van der Waals surface area contributed by atoms with Gasteiger partial charge in [0.05, 0.1) is 25.8 Å². The lowest BCUT2D eigenvalue weighted by Crippen LogP contribution is -2.21. The molecule has 2 aromatic rings. The summed E-state index contributed by atoms with van der Waals surface area (Å²) in [5.74, 6) is -0.973. The van der Waals surface area contributed by atoms with Gasteiger partial charge in [0, 0.05) is 10.6 Å². The van der Waals surface area contributed by atoms with E-state index in [1.54, 1.807) is 36.4 Å². The fourth-order valence-electron chi connectivity index (χ4n) is 2.81. The van der Waals surface area contributed by atoms with E-state index in [2.05, 4.69) is 5.32 Å². The Labute approximate surface area is 155 Å². The van der Waals surface area contributed by atoms with Crippen molar-refractivity contribution in [1.82, 2.24) is 5.32 Å². The zero-order valence-corrected chi connectivity index (χ0v) is 14.8. The Bertz CT molecular complexity index is 905. The van der Waals surface area contributed by atoms with Crippen LogP contribution in [0.3, 0.4) is 0 Å². The fraction of sp³-hybridized carbons (Fsp3) is 0.158. The van der Waals surface area contributed by atoms with Crippen LogP contribution in [-0.4, -0.2) is 31.0 Å². The maximum Gasteiger partial charge on any atom is 0.293 e. The molecule has 1 amide bonds. The van der Waals surface area contributed by atoms with Gasteiger partial charge in [-0.15, -0.1) is 0 Å². The smallest absolute Gasteiger partial charge is 0.293 e. The number of hydrogen-bond donors (Lipinski definition) is 2. The van der Waals surface area contributed by atoms with E-state index in [9.17, 15) is 14.7 Å². The van der Waals surface area contributed by atoms with Crippen LogP contribution in [0.2, 0.25) is 5.02 Å². The van der Waals surface area contributed by atoms with E-state index in [-0.39, 0.29) is 11.3 Å². The number of ketones is 1. The molecule has 0 radical (unpaired) electrons. The third-order valence-electron chi connectivity index (χ3n) is 4.13. The first-order valence-electron chi connectivity index (χ1n) is 7.72. The molecule has 1 fully saturated rings. The van der Waals surface area contributed by atoms with Crippen molar-refractivity contribution in [1.29, 1.82) is 0 Å². The van der Waals surface area contributed by atoms with Crippen molar-refractivity contribution in [2.45, 2.75) is 6.04 Å². The Hall–Kier alpha value is -2.99. The Morgan fingerprint density at radius 3 is 2.31 bits per heavy atom. The van der Waals surface area contributed by atoms with Crippen LogP contribution in [0, 0.1) is 0 Å². The molecule has 0 unspecified atom stereocenters. The molecule has 1 aliphatic rings. The van der Waals surface area contributed by atoms with Crippen molar-refractivity contribution in [2.24, 2.45) is 0 Å². The van der Waals surface area contributed by atoms with Gasteiger partial charge in [0.15, 0.2) is 11.5 Å². The first-order valence-corrected chi connectivity index (χ1v) is 8.10. The molecule has 0 aromatic heterocycles. The Morgan fingerprint density at radius 1 is 1.04 bits per heavy atom. The number of benzene rings is 2. The summed E-state index contributed by atoms with van der Waals surface area (Å²) in [6, 6.07) is 10.6. The van der Waals surface area contributed by atoms with Crippen molar-refractivity contribution >= 4 is 29.1 Å². The number of carbonyl (C=O) groups is 2. The summed E-state index contributed by atoms with van der Waals surface area (Å²) in [5, 5.41) is 13.8.